The number of aromatic nitrogens is 6. The standard InChI is InChI=1S/C35H34F2N8O2/c1-6-28(46)43-14-15-44(20(4)18-43)33-24-17-26(37)31-29-23(8-7-9-25(29)36)27-16-22(41-42(27)5)11-10-21-12-13-38-30(19(2)3)32(21)45(34(24)39-31)35(47)40-33/h6-9,12-13,16-17,19-20H,1,10-11,14-15,18H2,2-5H3/t20-/m0/s1. The van der Waals surface area contributed by atoms with Crippen LogP contribution < -0.4 is 10.6 Å². The van der Waals surface area contributed by atoms with Gasteiger partial charge in [-0.1, -0.05) is 32.6 Å². The fourth-order valence-corrected chi connectivity index (χ4v) is 6.84. The predicted molar refractivity (Wildman–Crippen MR) is 176 cm³/mol. The molecule has 240 valence electrons. The van der Waals surface area contributed by atoms with Crippen LogP contribution in [0.2, 0.25) is 0 Å². The minimum absolute atomic E-state index is 0.0292. The van der Waals surface area contributed by atoms with E-state index in [0.29, 0.717) is 60.5 Å². The minimum Gasteiger partial charge on any atom is -0.350 e. The number of pyridine rings is 2. The van der Waals surface area contributed by atoms with Crippen molar-refractivity contribution in [1.82, 2.24) is 34.2 Å². The van der Waals surface area contributed by atoms with E-state index in [2.05, 4.69) is 21.6 Å². The van der Waals surface area contributed by atoms with E-state index in [4.69, 9.17) is 4.98 Å². The van der Waals surface area contributed by atoms with Gasteiger partial charge in [0.05, 0.1) is 28.2 Å². The molecule has 1 atom stereocenters. The van der Waals surface area contributed by atoms with E-state index >= 15 is 8.78 Å². The topological polar surface area (TPSA) is 102 Å². The lowest BCUT2D eigenvalue weighted by Gasteiger charge is -2.40. The first-order valence-corrected chi connectivity index (χ1v) is 15.7. The Morgan fingerprint density at radius 1 is 1.09 bits per heavy atom. The molecular formula is C35H34F2N8O2. The molecule has 12 heteroatoms. The maximum atomic E-state index is 16.5. The highest BCUT2D eigenvalue weighted by atomic mass is 19.1. The Bertz CT molecular complexity index is 2150. The van der Waals surface area contributed by atoms with Crippen molar-refractivity contribution in [2.24, 2.45) is 7.05 Å². The zero-order chi connectivity index (χ0) is 33.1. The average molecular weight is 637 g/mol. The van der Waals surface area contributed by atoms with Gasteiger partial charge in [-0.25, -0.2) is 23.1 Å². The Morgan fingerprint density at radius 3 is 2.64 bits per heavy atom. The van der Waals surface area contributed by atoms with Crippen LogP contribution in [0.25, 0.3) is 39.2 Å². The third-order valence-corrected chi connectivity index (χ3v) is 9.10. The number of piperazine rings is 1. The van der Waals surface area contributed by atoms with Gasteiger partial charge in [0.1, 0.15) is 17.3 Å². The number of hydrogen-bond acceptors (Lipinski definition) is 7. The van der Waals surface area contributed by atoms with Crippen LogP contribution in [-0.4, -0.2) is 65.8 Å². The Morgan fingerprint density at radius 2 is 1.89 bits per heavy atom. The molecule has 6 heterocycles. The number of anilines is 1. The number of aryl methyl sites for hydroxylation is 3. The molecular weight excluding hydrogens is 602 g/mol. The van der Waals surface area contributed by atoms with Crippen LogP contribution in [0.4, 0.5) is 14.6 Å². The molecule has 10 nitrogen and oxygen atoms in total. The summed E-state index contributed by atoms with van der Waals surface area (Å²) in [6.07, 6.45) is 4.04. The third-order valence-electron chi connectivity index (χ3n) is 9.10. The summed E-state index contributed by atoms with van der Waals surface area (Å²) >= 11 is 0. The van der Waals surface area contributed by atoms with Crippen molar-refractivity contribution < 1.29 is 13.6 Å². The van der Waals surface area contributed by atoms with E-state index < -0.39 is 17.3 Å². The number of fused-ring (bicyclic) bond motifs is 8. The first-order valence-electron chi connectivity index (χ1n) is 15.7. The molecule has 1 amide bonds. The van der Waals surface area contributed by atoms with Crippen molar-refractivity contribution in [3.05, 3.63) is 94.3 Å². The quantitative estimate of drug-likeness (QED) is 0.258. The molecule has 2 aliphatic rings. The first-order chi connectivity index (χ1) is 22.6. The number of benzene rings is 1. The van der Waals surface area contributed by atoms with Crippen molar-refractivity contribution in [3.8, 4) is 28.2 Å². The van der Waals surface area contributed by atoms with E-state index in [1.165, 1.54) is 22.8 Å². The zero-order valence-electron chi connectivity index (χ0n) is 26.7. The second-order valence-electron chi connectivity index (χ2n) is 12.4. The number of rotatable bonds is 3. The highest BCUT2D eigenvalue weighted by molar-refractivity contribution is 5.92. The summed E-state index contributed by atoms with van der Waals surface area (Å²) in [5.74, 6) is -1.44. The van der Waals surface area contributed by atoms with Crippen LogP contribution in [0, 0.1) is 11.6 Å². The van der Waals surface area contributed by atoms with Gasteiger partial charge in [0.25, 0.3) is 0 Å². The van der Waals surface area contributed by atoms with Crippen LogP contribution in [0.15, 0.2) is 60.0 Å². The van der Waals surface area contributed by atoms with E-state index in [1.807, 2.05) is 37.8 Å². The molecule has 0 saturated carbocycles. The predicted octanol–water partition coefficient (Wildman–Crippen LogP) is 4.97. The second-order valence-corrected chi connectivity index (χ2v) is 12.4. The van der Waals surface area contributed by atoms with Gasteiger partial charge < -0.3 is 9.80 Å². The Kier molecular flexibility index (Phi) is 7.45. The Hall–Kier alpha value is -5.26. The molecule has 1 fully saturated rings. The average Bonchev–Trinajstić information content (AvgIpc) is 3.42. The van der Waals surface area contributed by atoms with Crippen LogP contribution in [0.1, 0.15) is 43.6 Å². The summed E-state index contributed by atoms with van der Waals surface area (Å²) in [6.45, 7) is 10.6. The molecule has 1 saturated heterocycles. The van der Waals surface area contributed by atoms with Crippen molar-refractivity contribution in [1.29, 1.82) is 0 Å². The maximum absolute atomic E-state index is 16.5. The van der Waals surface area contributed by atoms with Crippen molar-refractivity contribution in [2.75, 3.05) is 24.5 Å². The largest absolute Gasteiger partial charge is 0.355 e. The third kappa shape index (κ3) is 4.99. The molecule has 5 aromatic rings. The van der Waals surface area contributed by atoms with Gasteiger partial charge in [-0.2, -0.15) is 10.1 Å². The molecule has 0 unspecified atom stereocenters. The van der Waals surface area contributed by atoms with Gasteiger partial charge in [0.2, 0.25) is 5.91 Å². The SMILES string of the molecule is C=CC(=O)N1CCN(c2nc(=O)n3c4nc(c(F)cc24)-c2c(F)cccc2-c2cc(nn2C)CCc2ccnc(C(C)C)c2-3)[C@@H](C)C1. The van der Waals surface area contributed by atoms with Crippen LogP contribution >= 0.6 is 0 Å². The highest BCUT2D eigenvalue weighted by Crippen LogP contribution is 2.39. The van der Waals surface area contributed by atoms with Crippen molar-refractivity contribution >= 4 is 22.8 Å². The van der Waals surface area contributed by atoms with Crippen LogP contribution in [0.5, 0.6) is 0 Å². The molecule has 0 spiro atoms. The highest BCUT2D eigenvalue weighted by Gasteiger charge is 2.32. The zero-order valence-corrected chi connectivity index (χ0v) is 26.7. The fourth-order valence-electron chi connectivity index (χ4n) is 6.84. The summed E-state index contributed by atoms with van der Waals surface area (Å²) in [7, 11) is 1.78. The number of carbonyl (C=O) groups excluding carboxylic acids is 1. The molecule has 7 rings (SSSR count). The molecule has 4 aromatic heterocycles. The monoisotopic (exact) mass is 636 g/mol. The number of hydrogen-bond donors (Lipinski definition) is 0. The molecule has 47 heavy (non-hydrogen) atoms. The van der Waals surface area contributed by atoms with Gasteiger partial charge in [-0.05, 0) is 61.6 Å². The number of amides is 1. The normalized spacial score (nSPS) is 16.0. The van der Waals surface area contributed by atoms with Crippen molar-refractivity contribution in [2.45, 2.75) is 45.6 Å². The number of halogens is 2. The summed E-state index contributed by atoms with van der Waals surface area (Å²) in [4.78, 5) is 44.4. The van der Waals surface area contributed by atoms with Crippen molar-refractivity contribution in [3.63, 3.8) is 0 Å². The van der Waals surface area contributed by atoms with Crippen LogP contribution in [-0.2, 0) is 24.7 Å². The second kappa shape index (κ2) is 11.5. The number of nitrogens with zero attached hydrogens (tertiary/aromatic N) is 8. The van der Waals surface area contributed by atoms with E-state index in [9.17, 15) is 9.59 Å². The number of carbonyl (C=O) groups is 1. The molecule has 0 aliphatic carbocycles. The molecule has 2 aliphatic heterocycles. The van der Waals surface area contributed by atoms with E-state index in [0.717, 1.165) is 11.3 Å². The lowest BCUT2D eigenvalue weighted by Crippen LogP contribution is -2.54. The molecule has 1 aromatic carbocycles. The Labute approximate surface area is 270 Å². The maximum Gasteiger partial charge on any atom is 0.355 e. The minimum atomic E-state index is -0.766. The van der Waals surface area contributed by atoms with E-state index in [1.54, 1.807) is 35.0 Å². The summed E-state index contributed by atoms with van der Waals surface area (Å²) < 4.78 is 35.5. The fraction of sp³-hybridized carbons (Fsp3) is 0.314. The van der Waals surface area contributed by atoms with Gasteiger partial charge in [-0.3, -0.25) is 14.5 Å². The first kappa shape index (κ1) is 30.4. The molecule has 0 N–H and O–H groups in total. The molecule has 0 radical (unpaired) electrons. The summed E-state index contributed by atoms with van der Waals surface area (Å²) in [5, 5.41) is 4.98. The van der Waals surface area contributed by atoms with Gasteiger partial charge in [0.15, 0.2) is 11.5 Å². The smallest absolute Gasteiger partial charge is 0.350 e. The van der Waals surface area contributed by atoms with Crippen LogP contribution in [0.3, 0.4) is 0 Å². The van der Waals surface area contributed by atoms with E-state index in [-0.39, 0.29) is 40.6 Å². The Balaban J connectivity index is 1.58. The van der Waals surface area contributed by atoms with Gasteiger partial charge in [-0.15, -0.1) is 0 Å². The summed E-state index contributed by atoms with van der Waals surface area (Å²) in [5.41, 5.74) is 3.08. The summed E-state index contributed by atoms with van der Waals surface area (Å²) in [6, 6.07) is 9.35. The lowest BCUT2D eigenvalue weighted by atomic mass is 9.99. The van der Waals surface area contributed by atoms with Gasteiger partial charge in [0, 0.05) is 50.0 Å². The lowest BCUT2D eigenvalue weighted by molar-refractivity contribution is -0.126. The van der Waals surface area contributed by atoms with Gasteiger partial charge >= 0.3 is 5.69 Å². The molecule has 4 bridgehead atoms.